The van der Waals surface area contributed by atoms with E-state index in [4.69, 9.17) is 0 Å². The fourth-order valence-electron chi connectivity index (χ4n) is 1.81. The molecule has 0 heterocycles. The third kappa shape index (κ3) is 2.28. The highest BCUT2D eigenvalue weighted by Crippen LogP contribution is 2.26. The number of hydrogen-bond acceptors (Lipinski definition) is 1. The lowest BCUT2D eigenvalue weighted by molar-refractivity contribution is 0.462. The molecule has 1 rings (SSSR count). The Hall–Kier alpha value is -0.980. The molecular formula is C13H20O. The Morgan fingerprint density at radius 2 is 1.50 bits per heavy atom. The van der Waals surface area contributed by atoms with Gasteiger partial charge in [-0.15, -0.1) is 0 Å². The molecule has 0 fully saturated rings. The van der Waals surface area contributed by atoms with Crippen LogP contribution in [0.3, 0.4) is 0 Å². The monoisotopic (exact) mass is 192 g/mol. The fraction of sp³-hybridized carbons (Fsp3) is 0.538. The van der Waals surface area contributed by atoms with E-state index in [9.17, 15) is 5.11 Å². The zero-order valence-electron chi connectivity index (χ0n) is 9.43. The van der Waals surface area contributed by atoms with Gasteiger partial charge in [-0.25, -0.2) is 0 Å². The van der Waals surface area contributed by atoms with Crippen LogP contribution in [-0.2, 0) is 12.8 Å². The van der Waals surface area contributed by atoms with Crippen molar-refractivity contribution in [2.45, 2.75) is 46.5 Å². The topological polar surface area (TPSA) is 20.2 Å². The molecule has 1 nitrogen and oxygen atoms in total. The van der Waals surface area contributed by atoms with Crippen molar-refractivity contribution in [1.82, 2.24) is 0 Å². The Kier molecular flexibility index (Phi) is 3.99. The van der Waals surface area contributed by atoms with E-state index in [1.807, 2.05) is 6.92 Å². The average molecular weight is 192 g/mol. The maximum atomic E-state index is 9.94. The summed E-state index contributed by atoms with van der Waals surface area (Å²) in [5.41, 5.74) is 3.44. The largest absolute Gasteiger partial charge is 0.507 e. The first kappa shape index (κ1) is 11.1. The highest BCUT2D eigenvalue weighted by Gasteiger charge is 2.07. The molecule has 0 bridgehead atoms. The van der Waals surface area contributed by atoms with Crippen molar-refractivity contribution in [1.29, 1.82) is 0 Å². The van der Waals surface area contributed by atoms with Gasteiger partial charge in [0.2, 0.25) is 0 Å². The van der Waals surface area contributed by atoms with Gasteiger partial charge in [0.25, 0.3) is 0 Å². The van der Waals surface area contributed by atoms with Gasteiger partial charge >= 0.3 is 0 Å². The number of phenolic OH excluding ortho intramolecular Hbond substituents is 1. The summed E-state index contributed by atoms with van der Waals surface area (Å²) in [7, 11) is 0. The zero-order chi connectivity index (χ0) is 10.6. The number of aryl methyl sites for hydroxylation is 2. The van der Waals surface area contributed by atoms with Gasteiger partial charge in [-0.2, -0.15) is 0 Å². The summed E-state index contributed by atoms with van der Waals surface area (Å²) in [5, 5.41) is 9.94. The minimum absolute atomic E-state index is 0.512. The Labute approximate surface area is 86.8 Å². The molecule has 0 atom stereocenters. The second-order valence-corrected chi connectivity index (χ2v) is 3.86. The molecule has 78 valence electrons. The minimum atomic E-state index is 0.512. The second-order valence-electron chi connectivity index (χ2n) is 3.86. The smallest absolute Gasteiger partial charge is 0.121 e. The normalized spacial score (nSPS) is 10.5. The van der Waals surface area contributed by atoms with Gasteiger partial charge in [-0.05, 0) is 36.5 Å². The first-order valence-corrected chi connectivity index (χ1v) is 5.51. The summed E-state index contributed by atoms with van der Waals surface area (Å²) >= 11 is 0. The van der Waals surface area contributed by atoms with Crippen LogP contribution in [0.4, 0.5) is 0 Å². The molecule has 0 spiro atoms. The molecule has 0 radical (unpaired) electrons. The molecule has 0 unspecified atom stereocenters. The van der Waals surface area contributed by atoms with Crippen molar-refractivity contribution < 1.29 is 5.11 Å². The third-order valence-electron chi connectivity index (χ3n) is 2.67. The van der Waals surface area contributed by atoms with E-state index in [0.29, 0.717) is 5.75 Å². The van der Waals surface area contributed by atoms with Crippen LogP contribution in [0.15, 0.2) is 12.1 Å². The Bertz CT molecular complexity index is 271. The van der Waals surface area contributed by atoms with Crippen LogP contribution in [-0.4, -0.2) is 5.11 Å². The van der Waals surface area contributed by atoms with Gasteiger partial charge in [0, 0.05) is 0 Å². The van der Waals surface area contributed by atoms with E-state index in [0.717, 1.165) is 36.8 Å². The summed E-state index contributed by atoms with van der Waals surface area (Å²) in [5.74, 6) is 0.512. The van der Waals surface area contributed by atoms with Gasteiger partial charge < -0.3 is 5.11 Å². The van der Waals surface area contributed by atoms with Gasteiger partial charge in [-0.1, -0.05) is 38.8 Å². The van der Waals surface area contributed by atoms with Gasteiger partial charge in [0.15, 0.2) is 0 Å². The van der Waals surface area contributed by atoms with Crippen molar-refractivity contribution in [3.63, 3.8) is 0 Å². The zero-order valence-corrected chi connectivity index (χ0v) is 9.43. The molecule has 0 aliphatic rings. The van der Waals surface area contributed by atoms with Crippen LogP contribution in [0.2, 0.25) is 0 Å². The molecule has 0 aliphatic heterocycles. The summed E-state index contributed by atoms with van der Waals surface area (Å²) in [6.45, 7) is 6.31. The number of phenols is 1. The Morgan fingerprint density at radius 1 is 1.00 bits per heavy atom. The first-order chi connectivity index (χ1) is 6.70. The van der Waals surface area contributed by atoms with Crippen molar-refractivity contribution in [3.8, 4) is 5.75 Å². The molecule has 0 amide bonds. The summed E-state index contributed by atoms with van der Waals surface area (Å²) in [4.78, 5) is 0. The molecule has 1 N–H and O–H groups in total. The highest BCUT2D eigenvalue weighted by molar-refractivity contribution is 5.44. The predicted octanol–water partition coefficient (Wildman–Crippen LogP) is 3.61. The van der Waals surface area contributed by atoms with Gasteiger partial charge in [0.05, 0.1) is 0 Å². The van der Waals surface area contributed by atoms with Gasteiger partial charge in [0.1, 0.15) is 5.75 Å². The standard InChI is InChI=1S/C13H20O/c1-4-6-11-8-9-12(7-5-2)13(14)10(11)3/h8-9,14H,4-7H2,1-3H3. The predicted molar refractivity (Wildman–Crippen MR) is 60.8 cm³/mol. The molecule has 0 saturated heterocycles. The van der Waals surface area contributed by atoms with E-state index in [2.05, 4.69) is 26.0 Å². The SMILES string of the molecule is CCCc1ccc(CCC)c(O)c1C. The van der Waals surface area contributed by atoms with Crippen LogP contribution < -0.4 is 0 Å². The van der Waals surface area contributed by atoms with Crippen LogP contribution >= 0.6 is 0 Å². The maximum absolute atomic E-state index is 9.94. The lowest BCUT2D eigenvalue weighted by atomic mass is 9.98. The second kappa shape index (κ2) is 5.04. The summed E-state index contributed by atoms with van der Waals surface area (Å²) in [6.07, 6.45) is 4.25. The van der Waals surface area contributed by atoms with Crippen LogP contribution in [0, 0.1) is 6.92 Å². The number of hydrogen-bond donors (Lipinski definition) is 1. The molecule has 1 aromatic carbocycles. The lowest BCUT2D eigenvalue weighted by Crippen LogP contribution is -1.93. The first-order valence-electron chi connectivity index (χ1n) is 5.51. The quantitative estimate of drug-likeness (QED) is 0.772. The number of aromatic hydroxyl groups is 1. The fourth-order valence-corrected chi connectivity index (χ4v) is 1.81. The van der Waals surface area contributed by atoms with Crippen LogP contribution in [0.1, 0.15) is 43.4 Å². The highest BCUT2D eigenvalue weighted by atomic mass is 16.3. The molecule has 0 aromatic heterocycles. The summed E-state index contributed by atoms with van der Waals surface area (Å²) in [6, 6.07) is 4.22. The van der Waals surface area contributed by atoms with E-state index in [-0.39, 0.29) is 0 Å². The van der Waals surface area contributed by atoms with Gasteiger partial charge in [-0.3, -0.25) is 0 Å². The number of rotatable bonds is 4. The Morgan fingerprint density at radius 3 is 2.07 bits per heavy atom. The molecule has 1 aromatic rings. The Balaban J connectivity index is 2.99. The average Bonchev–Trinajstić information content (AvgIpc) is 2.18. The summed E-state index contributed by atoms with van der Waals surface area (Å²) < 4.78 is 0. The lowest BCUT2D eigenvalue weighted by Gasteiger charge is -2.10. The molecule has 0 aliphatic carbocycles. The van der Waals surface area contributed by atoms with E-state index in [1.165, 1.54) is 5.56 Å². The maximum Gasteiger partial charge on any atom is 0.121 e. The molecule has 14 heavy (non-hydrogen) atoms. The van der Waals surface area contributed by atoms with E-state index >= 15 is 0 Å². The molecular weight excluding hydrogens is 172 g/mol. The van der Waals surface area contributed by atoms with Crippen LogP contribution in [0.25, 0.3) is 0 Å². The minimum Gasteiger partial charge on any atom is -0.507 e. The van der Waals surface area contributed by atoms with E-state index < -0.39 is 0 Å². The molecule has 1 heteroatoms. The number of benzene rings is 1. The van der Waals surface area contributed by atoms with E-state index in [1.54, 1.807) is 0 Å². The third-order valence-corrected chi connectivity index (χ3v) is 2.67. The van der Waals surface area contributed by atoms with Crippen molar-refractivity contribution in [2.75, 3.05) is 0 Å². The van der Waals surface area contributed by atoms with Crippen molar-refractivity contribution in [3.05, 3.63) is 28.8 Å². The van der Waals surface area contributed by atoms with Crippen LogP contribution in [0.5, 0.6) is 5.75 Å². The van der Waals surface area contributed by atoms with Crippen molar-refractivity contribution >= 4 is 0 Å². The molecule has 0 saturated carbocycles. The van der Waals surface area contributed by atoms with Crippen molar-refractivity contribution in [2.24, 2.45) is 0 Å².